The number of rotatable bonds is 6. The third-order valence-electron chi connectivity index (χ3n) is 4.82. The molecule has 8 nitrogen and oxygen atoms in total. The van der Waals surface area contributed by atoms with E-state index in [9.17, 15) is 14.9 Å². The predicted octanol–water partition coefficient (Wildman–Crippen LogP) is 1.17. The third-order valence-corrected chi connectivity index (χ3v) is 4.82. The van der Waals surface area contributed by atoms with E-state index < -0.39 is 4.92 Å². The van der Waals surface area contributed by atoms with Crippen molar-refractivity contribution in [2.45, 2.75) is 44.7 Å². The Kier molecular flexibility index (Phi) is 4.90. The summed E-state index contributed by atoms with van der Waals surface area (Å²) in [6.45, 7) is 2.97. The zero-order chi connectivity index (χ0) is 16.2. The molecule has 1 aromatic heterocycles. The molecule has 2 atom stereocenters. The van der Waals surface area contributed by atoms with Crippen LogP contribution in [0.3, 0.4) is 0 Å². The Hall–Kier alpha value is -1.96. The van der Waals surface area contributed by atoms with Crippen LogP contribution in [0, 0.1) is 16.0 Å². The monoisotopic (exact) mass is 321 g/mol. The summed E-state index contributed by atoms with van der Waals surface area (Å²) in [5, 5.41) is 14.0. The molecule has 2 fully saturated rings. The number of nitrogens with one attached hydrogen (secondary N) is 1. The van der Waals surface area contributed by atoms with Crippen LogP contribution in [0.1, 0.15) is 32.1 Å². The van der Waals surface area contributed by atoms with Crippen molar-refractivity contribution in [3.63, 3.8) is 0 Å². The zero-order valence-corrected chi connectivity index (χ0v) is 13.2. The summed E-state index contributed by atoms with van der Waals surface area (Å²) in [6.07, 6.45) is 8.37. The molecule has 1 aromatic rings. The first-order valence-electron chi connectivity index (χ1n) is 8.29. The van der Waals surface area contributed by atoms with E-state index >= 15 is 0 Å². The molecule has 2 unspecified atom stereocenters. The van der Waals surface area contributed by atoms with E-state index in [0.29, 0.717) is 18.5 Å². The summed E-state index contributed by atoms with van der Waals surface area (Å²) >= 11 is 0. The number of nitro groups is 1. The molecule has 3 rings (SSSR count). The van der Waals surface area contributed by atoms with Gasteiger partial charge in [0.25, 0.3) is 0 Å². The molecule has 2 aliphatic rings. The molecule has 1 amide bonds. The van der Waals surface area contributed by atoms with Crippen LogP contribution in [0.15, 0.2) is 12.5 Å². The van der Waals surface area contributed by atoms with Gasteiger partial charge in [0.2, 0.25) is 12.2 Å². The van der Waals surface area contributed by atoms with Gasteiger partial charge >= 0.3 is 5.82 Å². The van der Waals surface area contributed by atoms with Crippen molar-refractivity contribution in [1.29, 1.82) is 0 Å². The van der Waals surface area contributed by atoms with Gasteiger partial charge in [-0.1, -0.05) is 0 Å². The number of amides is 1. The van der Waals surface area contributed by atoms with Crippen LogP contribution in [0.5, 0.6) is 0 Å². The van der Waals surface area contributed by atoms with Gasteiger partial charge in [-0.2, -0.15) is 0 Å². The topological polar surface area (TPSA) is 93.3 Å². The number of carbonyl (C=O) groups is 1. The molecule has 1 N–H and O–H groups in total. The number of carbonyl (C=O) groups excluding carboxylic acids is 1. The summed E-state index contributed by atoms with van der Waals surface area (Å²) in [5.41, 5.74) is 0. The van der Waals surface area contributed by atoms with Crippen molar-refractivity contribution in [2.75, 3.05) is 19.6 Å². The van der Waals surface area contributed by atoms with Crippen LogP contribution in [-0.2, 0) is 11.3 Å². The highest BCUT2D eigenvalue weighted by atomic mass is 16.6. The number of hydrogen-bond donors (Lipinski definition) is 1. The lowest BCUT2D eigenvalue weighted by Crippen LogP contribution is -2.39. The molecule has 1 saturated carbocycles. The Bertz CT molecular complexity index is 567. The summed E-state index contributed by atoms with van der Waals surface area (Å²) in [5.74, 6) is 0.577. The molecule has 0 bridgehead atoms. The Morgan fingerprint density at radius 3 is 2.87 bits per heavy atom. The van der Waals surface area contributed by atoms with Crippen molar-refractivity contribution in [3.8, 4) is 0 Å². The highest BCUT2D eigenvalue weighted by molar-refractivity contribution is 5.78. The molecule has 126 valence electrons. The van der Waals surface area contributed by atoms with Gasteiger partial charge in [-0.05, 0) is 47.9 Å². The van der Waals surface area contributed by atoms with Gasteiger partial charge in [-0.3, -0.25) is 4.79 Å². The summed E-state index contributed by atoms with van der Waals surface area (Å²) < 4.78 is 1.79. The quantitative estimate of drug-likeness (QED) is 0.627. The van der Waals surface area contributed by atoms with Gasteiger partial charge < -0.3 is 24.9 Å². The maximum absolute atomic E-state index is 12.0. The largest absolute Gasteiger partial charge is 0.381 e. The highest BCUT2D eigenvalue weighted by Crippen LogP contribution is 2.27. The molecular formula is C15H23N5O3. The van der Waals surface area contributed by atoms with Gasteiger partial charge in [0.15, 0.2) is 0 Å². The Balaban J connectivity index is 1.41. The molecular weight excluding hydrogens is 298 g/mol. The van der Waals surface area contributed by atoms with E-state index in [1.54, 1.807) is 4.57 Å². The predicted molar refractivity (Wildman–Crippen MR) is 83.8 cm³/mol. The average Bonchev–Trinajstić information content (AvgIpc) is 3.27. The molecule has 23 heavy (non-hydrogen) atoms. The minimum atomic E-state index is -0.473. The van der Waals surface area contributed by atoms with Gasteiger partial charge in [0.1, 0.15) is 6.20 Å². The fourth-order valence-electron chi connectivity index (χ4n) is 3.58. The van der Waals surface area contributed by atoms with Crippen LogP contribution in [0.2, 0.25) is 0 Å². The van der Waals surface area contributed by atoms with E-state index in [2.05, 4.69) is 10.3 Å². The Morgan fingerprint density at radius 2 is 2.17 bits per heavy atom. The SMILES string of the molecule is O=C(CNC1CCC(Cn2cnc([N+](=O)[O-])c2)C1)N1CCCC1. The fourth-order valence-corrected chi connectivity index (χ4v) is 3.58. The maximum atomic E-state index is 12.0. The molecule has 1 aliphatic carbocycles. The van der Waals surface area contributed by atoms with Crippen molar-refractivity contribution < 1.29 is 9.72 Å². The van der Waals surface area contributed by atoms with Gasteiger partial charge in [-0.15, -0.1) is 0 Å². The first-order valence-corrected chi connectivity index (χ1v) is 8.29. The van der Waals surface area contributed by atoms with E-state index in [1.165, 1.54) is 12.5 Å². The van der Waals surface area contributed by atoms with Gasteiger partial charge in [0, 0.05) is 25.7 Å². The highest BCUT2D eigenvalue weighted by Gasteiger charge is 2.26. The molecule has 8 heteroatoms. The van der Waals surface area contributed by atoms with E-state index in [4.69, 9.17) is 0 Å². The van der Waals surface area contributed by atoms with Gasteiger partial charge in [0.05, 0.1) is 6.54 Å². The maximum Gasteiger partial charge on any atom is 0.381 e. The summed E-state index contributed by atoms with van der Waals surface area (Å²) in [7, 11) is 0. The molecule has 0 radical (unpaired) electrons. The lowest BCUT2D eigenvalue weighted by atomic mass is 10.1. The Labute approximate surface area is 135 Å². The lowest BCUT2D eigenvalue weighted by molar-refractivity contribution is -0.389. The second kappa shape index (κ2) is 7.08. The van der Waals surface area contributed by atoms with Crippen LogP contribution in [0.25, 0.3) is 0 Å². The minimum Gasteiger partial charge on any atom is -0.358 e. The first-order chi connectivity index (χ1) is 11.1. The van der Waals surface area contributed by atoms with Crippen molar-refractivity contribution in [3.05, 3.63) is 22.6 Å². The number of hydrogen-bond acceptors (Lipinski definition) is 5. The smallest absolute Gasteiger partial charge is 0.358 e. The normalized spacial score (nSPS) is 24.3. The van der Waals surface area contributed by atoms with Gasteiger partial charge in [-0.25, -0.2) is 0 Å². The zero-order valence-electron chi connectivity index (χ0n) is 13.2. The van der Waals surface area contributed by atoms with Crippen molar-refractivity contribution >= 4 is 11.7 Å². The molecule has 2 heterocycles. The standard InChI is InChI=1S/C15H23N5O3/c21-15(19-5-1-2-6-19)8-16-13-4-3-12(7-13)9-18-10-14(17-11-18)20(22)23/h10-13,16H,1-9H2. The summed E-state index contributed by atoms with van der Waals surface area (Å²) in [6, 6.07) is 0.366. The van der Waals surface area contributed by atoms with E-state index in [1.807, 2.05) is 4.90 Å². The summed E-state index contributed by atoms with van der Waals surface area (Å²) in [4.78, 5) is 27.9. The molecule has 1 saturated heterocycles. The number of nitrogens with zero attached hydrogens (tertiary/aromatic N) is 4. The number of aromatic nitrogens is 2. The van der Waals surface area contributed by atoms with Crippen molar-refractivity contribution in [2.24, 2.45) is 5.92 Å². The molecule has 0 aromatic carbocycles. The van der Waals surface area contributed by atoms with Crippen LogP contribution >= 0.6 is 0 Å². The lowest BCUT2D eigenvalue weighted by Gasteiger charge is -2.18. The second-order valence-corrected chi connectivity index (χ2v) is 6.53. The van der Waals surface area contributed by atoms with Crippen molar-refractivity contribution in [1.82, 2.24) is 19.8 Å². The van der Waals surface area contributed by atoms with E-state index in [-0.39, 0.29) is 11.7 Å². The minimum absolute atomic E-state index is 0.103. The van der Waals surface area contributed by atoms with E-state index in [0.717, 1.165) is 51.7 Å². The number of imidazole rings is 1. The number of likely N-dealkylation sites (tertiary alicyclic amines) is 1. The third kappa shape index (κ3) is 4.07. The van der Waals surface area contributed by atoms with Crippen LogP contribution in [-0.4, -0.2) is 51.0 Å². The van der Waals surface area contributed by atoms with Crippen LogP contribution in [0.4, 0.5) is 5.82 Å². The first kappa shape index (κ1) is 15.9. The fraction of sp³-hybridized carbons (Fsp3) is 0.733. The molecule has 1 aliphatic heterocycles. The Morgan fingerprint density at radius 1 is 1.39 bits per heavy atom. The average molecular weight is 321 g/mol. The van der Waals surface area contributed by atoms with Crippen LogP contribution < -0.4 is 5.32 Å². The molecule has 0 spiro atoms. The second-order valence-electron chi connectivity index (χ2n) is 6.53.